The zero-order chi connectivity index (χ0) is 81.6. The van der Waals surface area contributed by atoms with Gasteiger partial charge in [0.15, 0.2) is 116 Å². The SMILES string of the molecule is COc1ccc(/C=C/c2ccncc2)cc1.COc1ccc(/C=C/c2ccncc2)cc1.COc1ccc(/C=C/c2ccncc2)cc1.COc1ccc(/C=C/c2ccncc2)cc1.Fc1c(F)c(N=Nc2c(F)c(F)c(I)c(F)c2F)c(F)c(F)c1I.Fc1c(F)c(N=Nc2c(F)c(F)c(I)c(F)c2F)c(F)c(F)c1I. The van der Waals surface area contributed by atoms with E-state index in [4.69, 9.17) is 18.9 Å². The molecule has 0 aliphatic carbocycles. The summed E-state index contributed by atoms with van der Waals surface area (Å²) in [4.78, 5) is 15.9. The predicted octanol–water partition coefficient (Wildman–Crippen LogP) is 25.9. The van der Waals surface area contributed by atoms with E-state index in [1.807, 2.05) is 146 Å². The number of rotatable bonds is 16. The first-order chi connectivity index (χ1) is 53.7. The number of hydrogen-bond donors (Lipinski definition) is 0. The van der Waals surface area contributed by atoms with Crippen molar-refractivity contribution in [1.29, 1.82) is 0 Å². The Balaban J connectivity index is 0.000000188. The molecule has 0 unspecified atom stereocenters. The monoisotopic (exact) mass is 2000 g/mol. The standard InChI is InChI=1S/4C14H13NO.2C12F8I2N2/c4*1-16-14-6-4-12(5-7-14)2-3-13-8-10-15-11-9-13;2*13-1-5(17)11(6(18)2(14)9(1)21)23-24-12-7(19)3(15)10(22)4(16)8(12)20/h4*2-11H,1H3;;/b4*3-2+;;. The molecule has 112 heavy (non-hydrogen) atoms. The first kappa shape index (κ1) is 88.7. The third kappa shape index (κ3) is 25.3. The van der Waals surface area contributed by atoms with E-state index in [1.54, 1.807) is 78.0 Å². The number of aromatic nitrogens is 4. The number of halogens is 20. The fraction of sp³-hybridized carbons (Fsp3) is 0.0500. The summed E-state index contributed by atoms with van der Waals surface area (Å²) in [6.45, 7) is 0. The lowest BCUT2D eigenvalue weighted by molar-refractivity contribution is 0.414. The molecule has 0 atom stereocenters. The lowest BCUT2D eigenvalue weighted by Gasteiger charge is -2.06. The van der Waals surface area contributed by atoms with Crippen molar-refractivity contribution in [2.24, 2.45) is 20.5 Å². The number of ether oxygens (including phenoxy) is 4. The highest BCUT2D eigenvalue weighted by Crippen LogP contribution is 2.38. The predicted molar refractivity (Wildman–Crippen MR) is 429 cm³/mol. The van der Waals surface area contributed by atoms with Crippen LogP contribution in [0.5, 0.6) is 23.0 Å². The van der Waals surface area contributed by atoms with Gasteiger partial charge in [0.2, 0.25) is 0 Å². The maximum Gasteiger partial charge on any atom is 0.190 e. The second-order valence-corrected chi connectivity index (χ2v) is 25.9. The normalized spacial score (nSPS) is 11.0. The molecule has 0 N–H and O–H groups in total. The highest BCUT2D eigenvalue weighted by Gasteiger charge is 2.29. The Hall–Kier alpha value is -10.5. The molecule has 12 nitrogen and oxygen atoms in total. The molecule has 12 aromatic rings. The van der Waals surface area contributed by atoms with E-state index in [0.29, 0.717) is 0 Å². The van der Waals surface area contributed by atoms with Gasteiger partial charge in [-0.05, 0) is 232 Å². The van der Waals surface area contributed by atoms with Gasteiger partial charge < -0.3 is 18.9 Å². The summed E-state index contributed by atoms with van der Waals surface area (Å²) < 4.78 is 231. The Bertz CT molecular complexity index is 4550. The number of methoxy groups -OCH3 is 4. The smallest absolute Gasteiger partial charge is 0.190 e. The summed E-state index contributed by atoms with van der Waals surface area (Å²) in [7, 11) is 6.67. The maximum absolute atomic E-state index is 13.6. The minimum absolute atomic E-state index is 0.876. The van der Waals surface area contributed by atoms with Crippen molar-refractivity contribution in [2.75, 3.05) is 28.4 Å². The van der Waals surface area contributed by atoms with E-state index in [2.05, 4.69) is 89.0 Å². The molecule has 4 heterocycles. The fourth-order valence-electron chi connectivity index (χ4n) is 8.45. The molecule has 0 aliphatic rings. The van der Waals surface area contributed by atoms with Crippen molar-refractivity contribution in [3.63, 3.8) is 0 Å². The van der Waals surface area contributed by atoms with E-state index in [9.17, 15) is 70.2 Å². The van der Waals surface area contributed by atoms with Gasteiger partial charge in [-0.2, -0.15) is 0 Å². The Morgan fingerprint density at radius 3 is 0.455 bits per heavy atom. The molecule has 0 amide bonds. The van der Waals surface area contributed by atoms with Crippen molar-refractivity contribution in [3.8, 4) is 23.0 Å². The van der Waals surface area contributed by atoms with Gasteiger partial charge in [0, 0.05) is 49.6 Å². The maximum atomic E-state index is 13.6. The van der Waals surface area contributed by atoms with E-state index >= 15 is 0 Å². The summed E-state index contributed by atoms with van der Waals surface area (Å²) in [6.07, 6.45) is 30.8. The van der Waals surface area contributed by atoms with Gasteiger partial charge >= 0.3 is 0 Å². The molecule has 576 valence electrons. The van der Waals surface area contributed by atoms with E-state index in [-0.39, 0.29) is 0 Å². The minimum atomic E-state index is -1.99. The fourth-order valence-corrected chi connectivity index (χ4v) is 10.3. The Labute approximate surface area is 684 Å². The quantitative estimate of drug-likeness (QED) is 0.0306. The molecule has 0 radical (unpaired) electrons. The van der Waals surface area contributed by atoms with Crippen LogP contribution in [0.1, 0.15) is 44.5 Å². The topological polar surface area (TPSA) is 138 Å². The Kier molecular flexibility index (Phi) is 35.3. The molecule has 12 rings (SSSR count). The zero-order valence-corrected chi connectivity index (χ0v) is 66.5. The molecular weight excluding hydrogens is 1950 g/mol. The molecule has 0 aliphatic heterocycles. The minimum Gasteiger partial charge on any atom is -0.497 e. The zero-order valence-electron chi connectivity index (χ0n) is 57.9. The number of azo groups is 2. The van der Waals surface area contributed by atoms with Crippen LogP contribution in [0.2, 0.25) is 0 Å². The van der Waals surface area contributed by atoms with E-state index < -0.39 is 130 Å². The van der Waals surface area contributed by atoms with Crippen molar-refractivity contribution in [3.05, 3.63) is 347 Å². The first-order valence-corrected chi connectivity index (χ1v) is 35.8. The van der Waals surface area contributed by atoms with E-state index in [0.717, 1.165) is 158 Å². The molecule has 0 fully saturated rings. The van der Waals surface area contributed by atoms with Crippen LogP contribution in [0, 0.1) is 107 Å². The second-order valence-electron chi connectivity index (χ2n) is 21.6. The van der Waals surface area contributed by atoms with Gasteiger partial charge in [-0.15, -0.1) is 20.5 Å². The van der Waals surface area contributed by atoms with Crippen LogP contribution in [0.3, 0.4) is 0 Å². The van der Waals surface area contributed by atoms with Gasteiger partial charge in [0.1, 0.15) is 23.0 Å². The third-order valence-corrected chi connectivity index (χ3v) is 18.2. The van der Waals surface area contributed by atoms with Gasteiger partial charge in [-0.1, -0.05) is 97.1 Å². The molecular formula is C80H52F16I4N8O4. The van der Waals surface area contributed by atoms with E-state index in [1.165, 1.54) is 0 Å². The van der Waals surface area contributed by atoms with Crippen molar-refractivity contribution >= 4 is 162 Å². The average Bonchev–Trinajstić information content (AvgIpc) is 0.792. The van der Waals surface area contributed by atoms with Crippen LogP contribution < -0.4 is 18.9 Å². The van der Waals surface area contributed by atoms with Crippen LogP contribution in [-0.4, -0.2) is 48.4 Å². The summed E-state index contributed by atoms with van der Waals surface area (Å²) in [5, 5.41) is 10.6. The lowest BCUT2D eigenvalue weighted by atomic mass is 10.1. The lowest BCUT2D eigenvalue weighted by Crippen LogP contribution is -2.00. The molecule has 0 saturated carbocycles. The summed E-state index contributed by atoms with van der Waals surface area (Å²) in [5.41, 5.74) is 2.58. The largest absolute Gasteiger partial charge is 0.497 e. The molecule has 0 saturated heterocycles. The molecule has 0 bridgehead atoms. The van der Waals surface area contributed by atoms with Crippen molar-refractivity contribution < 1.29 is 89.2 Å². The van der Waals surface area contributed by atoms with Gasteiger partial charge in [-0.25, -0.2) is 70.2 Å². The van der Waals surface area contributed by atoms with Gasteiger partial charge in [0.05, 0.1) is 42.7 Å². The number of hydrogen-bond acceptors (Lipinski definition) is 12. The molecule has 0 spiro atoms. The van der Waals surface area contributed by atoms with Crippen LogP contribution in [-0.2, 0) is 0 Å². The van der Waals surface area contributed by atoms with Crippen LogP contribution >= 0.6 is 90.4 Å². The second kappa shape index (κ2) is 44.5. The number of benzene rings is 8. The number of pyridine rings is 4. The third-order valence-electron chi connectivity index (χ3n) is 14.4. The Morgan fingerprint density at radius 1 is 0.205 bits per heavy atom. The van der Waals surface area contributed by atoms with Crippen LogP contribution in [0.25, 0.3) is 48.6 Å². The number of nitrogens with zero attached hydrogens (tertiary/aromatic N) is 8. The summed E-state index contributed by atoms with van der Waals surface area (Å²) in [6, 6.07) is 47.6. The highest BCUT2D eigenvalue weighted by atomic mass is 127. The van der Waals surface area contributed by atoms with Crippen molar-refractivity contribution in [1.82, 2.24) is 19.9 Å². The van der Waals surface area contributed by atoms with Crippen molar-refractivity contribution in [2.45, 2.75) is 0 Å². The first-order valence-electron chi connectivity index (χ1n) is 31.5. The summed E-state index contributed by atoms with van der Waals surface area (Å²) >= 11 is 3.91. The molecule has 8 aromatic carbocycles. The molecule has 32 heteroatoms. The van der Waals surface area contributed by atoms with Crippen LogP contribution in [0.4, 0.5) is 93.0 Å². The summed E-state index contributed by atoms with van der Waals surface area (Å²) in [5.74, 6) is -27.0. The average molecular weight is 2000 g/mol. The molecule has 4 aromatic heterocycles. The van der Waals surface area contributed by atoms with Crippen LogP contribution in [0.15, 0.2) is 216 Å². The van der Waals surface area contributed by atoms with Gasteiger partial charge in [-0.3, -0.25) is 19.9 Å². The Morgan fingerprint density at radius 2 is 0.330 bits per heavy atom. The van der Waals surface area contributed by atoms with Gasteiger partial charge in [0.25, 0.3) is 0 Å². The highest BCUT2D eigenvalue weighted by molar-refractivity contribution is 14.1.